The Labute approximate surface area is 164 Å². The first-order chi connectivity index (χ1) is 13.7. The molecule has 0 radical (unpaired) electrons. The summed E-state index contributed by atoms with van der Waals surface area (Å²) in [5, 5.41) is 14.2. The second-order valence-electron chi connectivity index (χ2n) is 6.99. The van der Waals surface area contributed by atoms with Crippen molar-refractivity contribution in [3.05, 3.63) is 71.9 Å². The number of carbonyl (C=O) groups is 1. The summed E-state index contributed by atoms with van der Waals surface area (Å²) < 4.78 is 0. The summed E-state index contributed by atoms with van der Waals surface area (Å²) in [6.07, 6.45) is 2.48. The Balaban J connectivity index is 1.37. The maximum atomic E-state index is 12.4. The van der Waals surface area contributed by atoms with Crippen molar-refractivity contribution in [2.45, 2.75) is 19.8 Å². The van der Waals surface area contributed by atoms with Gasteiger partial charge in [-0.05, 0) is 68.3 Å². The van der Waals surface area contributed by atoms with E-state index in [9.17, 15) is 4.79 Å². The van der Waals surface area contributed by atoms with E-state index in [1.54, 1.807) is 12.1 Å². The molecule has 1 aromatic heterocycles. The van der Waals surface area contributed by atoms with Gasteiger partial charge in [-0.25, -0.2) is 0 Å². The Morgan fingerprint density at radius 3 is 2.18 bits per heavy atom. The number of anilines is 4. The summed E-state index contributed by atoms with van der Waals surface area (Å²) in [6, 6.07) is 19.3. The lowest BCUT2D eigenvalue weighted by molar-refractivity contribution is 0.102. The van der Waals surface area contributed by atoms with E-state index in [-0.39, 0.29) is 11.6 Å². The van der Waals surface area contributed by atoms with Crippen LogP contribution in [0.2, 0.25) is 0 Å². The molecule has 6 heteroatoms. The van der Waals surface area contributed by atoms with Gasteiger partial charge in [0.2, 0.25) is 0 Å². The number of amides is 1. The van der Waals surface area contributed by atoms with Crippen LogP contribution < -0.4 is 15.5 Å². The average Bonchev–Trinajstić information content (AvgIpc) is 3.26. The zero-order chi connectivity index (χ0) is 19.3. The van der Waals surface area contributed by atoms with Crippen molar-refractivity contribution in [2.75, 3.05) is 28.6 Å². The van der Waals surface area contributed by atoms with Gasteiger partial charge in [-0.15, -0.1) is 10.2 Å². The van der Waals surface area contributed by atoms with Crippen LogP contribution in [0.5, 0.6) is 0 Å². The minimum Gasteiger partial charge on any atom is -0.372 e. The van der Waals surface area contributed by atoms with Crippen LogP contribution in [0.3, 0.4) is 0 Å². The van der Waals surface area contributed by atoms with Gasteiger partial charge >= 0.3 is 0 Å². The highest BCUT2D eigenvalue weighted by Gasteiger charge is 2.13. The van der Waals surface area contributed by atoms with Gasteiger partial charge in [0.05, 0.1) is 0 Å². The second kappa shape index (κ2) is 8.08. The zero-order valence-electron chi connectivity index (χ0n) is 15.9. The third-order valence-corrected chi connectivity index (χ3v) is 4.82. The highest BCUT2D eigenvalue weighted by molar-refractivity contribution is 6.02. The molecular formula is C22H23N5O. The number of benzene rings is 2. The van der Waals surface area contributed by atoms with Gasteiger partial charge in [0.1, 0.15) is 0 Å². The molecule has 1 saturated heterocycles. The third kappa shape index (κ3) is 4.28. The van der Waals surface area contributed by atoms with E-state index in [0.717, 1.165) is 24.5 Å². The predicted molar refractivity (Wildman–Crippen MR) is 112 cm³/mol. The maximum Gasteiger partial charge on any atom is 0.276 e. The van der Waals surface area contributed by atoms with Crippen molar-refractivity contribution >= 4 is 28.8 Å². The number of rotatable bonds is 5. The standard InChI is InChI=1S/C22H23N5O/c1-16-4-6-17(7-5-16)23-21-13-12-20(25-26-21)22(28)24-18-8-10-19(11-9-18)27-14-2-3-15-27/h4-13H,2-3,14-15H2,1H3,(H,23,26)(H,24,28). The van der Waals surface area contributed by atoms with E-state index in [1.807, 2.05) is 55.5 Å². The van der Waals surface area contributed by atoms with Crippen LogP contribution in [0.1, 0.15) is 28.9 Å². The molecule has 1 aliphatic rings. The smallest absolute Gasteiger partial charge is 0.276 e. The lowest BCUT2D eigenvalue weighted by Gasteiger charge is -2.17. The first kappa shape index (κ1) is 18.0. The highest BCUT2D eigenvalue weighted by atomic mass is 16.1. The van der Waals surface area contributed by atoms with Crippen LogP contribution in [0.25, 0.3) is 0 Å². The number of nitrogens with zero attached hydrogens (tertiary/aromatic N) is 3. The van der Waals surface area contributed by atoms with Gasteiger partial charge in [0.15, 0.2) is 11.5 Å². The Morgan fingerprint density at radius 1 is 0.857 bits per heavy atom. The fraction of sp³-hybridized carbons (Fsp3) is 0.227. The fourth-order valence-electron chi connectivity index (χ4n) is 3.23. The van der Waals surface area contributed by atoms with Crippen LogP contribution in [0.15, 0.2) is 60.7 Å². The number of aryl methyl sites for hydroxylation is 1. The molecule has 0 atom stereocenters. The average molecular weight is 373 g/mol. The Bertz CT molecular complexity index is 930. The molecule has 28 heavy (non-hydrogen) atoms. The summed E-state index contributed by atoms with van der Waals surface area (Å²) in [6.45, 7) is 4.24. The first-order valence-corrected chi connectivity index (χ1v) is 9.51. The normalized spacial score (nSPS) is 13.4. The summed E-state index contributed by atoms with van der Waals surface area (Å²) in [5.74, 6) is 0.318. The quantitative estimate of drug-likeness (QED) is 0.694. The number of aromatic nitrogens is 2. The minimum absolute atomic E-state index is 0.275. The molecule has 3 aromatic rings. The number of hydrogen-bond donors (Lipinski definition) is 2. The molecule has 2 aromatic carbocycles. The van der Waals surface area contributed by atoms with E-state index in [4.69, 9.17) is 0 Å². The second-order valence-corrected chi connectivity index (χ2v) is 6.99. The molecule has 0 unspecified atom stereocenters. The molecule has 2 heterocycles. The molecule has 1 fully saturated rings. The van der Waals surface area contributed by atoms with Crippen molar-refractivity contribution < 1.29 is 4.79 Å². The van der Waals surface area contributed by atoms with Crippen LogP contribution in [0.4, 0.5) is 22.9 Å². The SMILES string of the molecule is Cc1ccc(Nc2ccc(C(=O)Nc3ccc(N4CCCC4)cc3)nn2)cc1. The Morgan fingerprint density at radius 2 is 1.54 bits per heavy atom. The topological polar surface area (TPSA) is 70.2 Å². The molecule has 0 aliphatic carbocycles. The largest absolute Gasteiger partial charge is 0.372 e. The maximum absolute atomic E-state index is 12.4. The summed E-state index contributed by atoms with van der Waals surface area (Å²) in [7, 11) is 0. The van der Waals surface area contributed by atoms with E-state index >= 15 is 0 Å². The van der Waals surface area contributed by atoms with Gasteiger partial charge < -0.3 is 15.5 Å². The van der Waals surface area contributed by atoms with Crippen LogP contribution in [0, 0.1) is 6.92 Å². The lowest BCUT2D eigenvalue weighted by atomic mass is 10.2. The van der Waals surface area contributed by atoms with E-state index in [0.29, 0.717) is 5.82 Å². The van der Waals surface area contributed by atoms with Crippen LogP contribution in [-0.2, 0) is 0 Å². The molecule has 6 nitrogen and oxygen atoms in total. The fourth-order valence-corrected chi connectivity index (χ4v) is 3.23. The molecule has 0 spiro atoms. The Kier molecular flexibility index (Phi) is 5.19. The highest BCUT2D eigenvalue weighted by Crippen LogP contribution is 2.22. The van der Waals surface area contributed by atoms with Crippen LogP contribution >= 0.6 is 0 Å². The predicted octanol–water partition coefficient (Wildman–Crippen LogP) is 4.38. The van der Waals surface area contributed by atoms with E-state index < -0.39 is 0 Å². The summed E-state index contributed by atoms with van der Waals surface area (Å²) in [4.78, 5) is 14.8. The molecule has 1 amide bonds. The molecule has 0 bridgehead atoms. The molecular weight excluding hydrogens is 350 g/mol. The van der Waals surface area contributed by atoms with Crippen molar-refractivity contribution in [3.8, 4) is 0 Å². The van der Waals surface area contributed by atoms with E-state index in [2.05, 4.69) is 25.7 Å². The molecule has 142 valence electrons. The number of carbonyl (C=O) groups excluding carboxylic acids is 1. The van der Waals surface area contributed by atoms with Crippen molar-refractivity contribution in [1.82, 2.24) is 10.2 Å². The van der Waals surface area contributed by atoms with Gasteiger partial charge in [-0.1, -0.05) is 17.7 Å². The molecule has 2 N–H and O–H groups in total. The van der Waals surface area contributed by atoms with Crippen LogP contribution in [-0.4, -0.2) is 29.2 Å². The van der Waals surface area contributed by atoms with Crippen molar-refractivity contribution in [2.24, 2.45) is 0 Å². The van der Waals surface area contributed by atoms with Gasteiger partial charge in [-0.3, -0.25) is 4.79 Å². The van der Waals surface area contributed by atoms with E-state index in [1.165, 1.54) is 24.1 Å². The zero-order valence-corrected chi connectivity index (χ0v) is 15.9. The molecule has 0 saturated carbocycles. The summed E-state index contributed by atoms with van der Waals surface area (Å²) in [5.41, 5.74) is 4.34. The van der Waals surface area contributed by atoms with Gasteiger partial charge in [-0.2, -0.15) is 0 Å². The van der Waals surface area contributed by atoms with Crippen molar-refractivity contribution in [1.29, 1.82) is 0 Å². The number of hydrogen-bond acceptors (Lipinski definition) is 5. The van der Waals surface area contributed by atoms with Crippen molar-refractivity contribution in [3.63, 3.8) is 0 Å². The monoisotopic (exact) mass is 373 g/mol. The number of nitrogens with one attached hydrogen (secondary N) is 2. The minimum atomic E-state index is -0.275. The molecule has 4 rings (SSSR count). The molecule has 1 aliphatic heterocycles. The summed E-state index contributed by atoms with van der Waals surface area (Å²) >= 11 is 0. The Hall–Kier alpha value is -3.41. The van der Waals surface area contributed by atoms with Gasteiger partial charge in [0.25, 0.3) is 5.91 Å². The third-order valence-electron chi connectivity index (χ3n) is 4.82. The lowest BCUT2D eigenvalue weighted by Crippen LogP contribution is -2.18. The first-order valence-electron chi connectivity index (χ1n) is 9.51. The van der Waals surface area contributed by atoms with Gasteiger partial charge in [0, 0.05) is 30.2 Å².